The maximum atomic E-state index is 13.8. The fraction of sp³-hybridized carbons (Fsp3) is 0.500. The van der Waals surface area contributed by atoms with E-state index in [1.54, 1.807) is 25.3 Å². The van der Waals surface area contributed by atoms with Gasteiger partial charge in [-0.25, -0.2) is 9.37 Å². The monoisotopic (exact) mass is 469 g/mol. The zero-order chi connectivity index (χ0) is 24.7. The number of carbonyl (C=O) groups is 2. The van der Waals surface area contributed by atoms with Crippen molar-refractivity contribution in [1.29, 1.82) is 0 Å². The van der Waals surface area contributed by atoms with Gasteiger partial charge in [0.15, 0.2) is 5.69 Å². The van der Waals surface area contributed by atoms with E-state index in [1.165, 1.54) is 13.1 Å². The van der Waals surface area contributed by atoms with Gasteiger partial charge in [-0.15, -0.1) is 0 Å². The van der Waals surface area contributed by atoms with Crippen molar-refractivity contribution in [3.63, 3.8) is 0 Å². The molecule has 1 aliphatic rings. The predicted molar refractivity (Wildman–Crippen MR) is 114 cm³/mol. The number of hydrogen-bond acceptors (Lipinski definition) is 4. The second-order valence-electron chi connectivity index (χ2n) is 9.20. The summed E-state index contributed by atoms with van der Waals surface area (Å²) in [5, 5.41) is 5.24. The summed E-state index contributed by atoms with van der Waals surface area (Å²) in [5.74, 6) is -2.23. The van der Waals surface area contributed by atoms with Gasteiger partial charge in [-0.2, -0.15) is 13.2 Å². The summed E-state index contributed by atoms with van der Waals surface area (Å²) >= 11 is 0. The lowest BCUT2D eigenvalue weighted by Crippen LogP contribution is -2.53. The molecule has 0 fully saturated rings. The van der Waals surface area contributed by atoms with Crippen molar-refractivity contribution in [3.05, 3.63) is 41.0 Å². The molecule has 1 atom stereocenters. The minimum Gasteiger partial charge on any atom is -0.357 e. The number of alkyl halides is 3. The largest absolute Gasteiger partial charge is 0.419 e. The summed E-state index contributed by atoms with van der Waals surface area (Å²) in [6, 6.07) is 1.80. The molecule has 0 aliphatic carbocycles. The van der Waals surface area contributed by atoms with E-state index in [-0.39, 0.29) is 23.0 Å². The lowest BCUT2D eigenvalue weighted by atomic mass is 9.86. The molecule has 0 saturated heterocycles. The second kappa shape index (κ2) is 8.77. The summed E-state index contributed by atoms with van der Waals surface area (Å²) in [5.41, 5.74) is -1.42. The van der Waals surface area contributed by atoms with Crippen LogP contribution in [0.5, 0.6) is 0 Å². The number of amides is 2. The second-order valence-corrected chi connectivity index (χ2v) is 9.20. The normalized spacial score (nSPS) is 15.7. The van der Waals surface area contributed by atoms with Gasteiger partial charge in [-0.1, -0.05) is 20.8 Å². The van der Waals surface area contributed by atoms with Crippen LogP contribution in [-0.4, -0.2) is 52.9 Å². The fourth-order valence-corrected chi connectivity index (χ4v) is 3.80. The molecule has 11 heteroatoms. The number of benzene rings is 1. The molecule has 0 saturated carbocycles. The topological polar surface area (TPSA) is 79.3 Å². The summed E-state index contributed by atoms with van der Waals surface area (Å²) in [4.78, 5) is 31.9. The SMILES string of the molecule is CNC(=O)C(NC(=O)c1nc(-c2ccc(F)c(C(F)(F)F)c2)n2c1CN(C)CC2)C(C)(C)C. The first kappa shape index (κ1) is 24.7. The molecule has 0 spiro atoms. The Morgan fingerprint density at radius 2 is 1.82 bits per heavy atom. The molecule has 1 unspecified atom stereocenters. The molecule has 0 bridgehead atoms. The lowest BCUT2D eigenvalue weighted by Gasteiger charge is -2.30. The van der Waals surface area contributed by atoms with E-state index in [0.29, 0.717) is 31.4 Å². The first-order chi connectivity index (χ1) is 15.2. The molecule has 2 aromatic rings. The van der Waals surface area contributed by atoms with Crippen LogP contribution in [0.15, 0.2) is 18.2 Å². The van der Waals surface area contributed by atoms with E-state index in [9.17, 15) is 27.2 Å². The summed E-state index contributed by atoms with van der Waals surface area (Å²) < 4.78 is 55.3. The molecule has 1 aromatic heterocycles. The molecule has 7 nitrogen and oxygen atoms in total. The minimum absolute atomic E-state index is 0.0209. The van der Waals surface area contributed by atoms with Gasteiger partial charge in [0.25, 0.3) is 5.91 Å². The summed E-state index contributed by atoms with van der Waals surface area (Å²) in [7, 11) is 3.31. The number of imidazole rings is 1. The van der Waals surface area contributed by atoms with E-state index in [1.807, 2.05) is 11.9 Å². The van der Waals surface area contributed by atoms with Crippen molar-refractivity contribution < 1.29 is 27.2 Å². The Kier molecular flexibility index (Phi) is 6.56. The summed E-state index contributed by atoms with van der Waals surface area (Å²) in [6.07, 6.45) is -4.87. The number of hydrogen-bond donors (Lipinski definition) is 2. The Morgan fingerprint density at radius 1 is 1.15 bits per heavy atom. The van der Waals surface area contributed by atoms with Crippen LogP contribution in [0.1, 0.15) is 42.5 Å². The Hall–Kier alpha value is -2.95. The van der Waals surface area contributed by atoms with Crippen molar-refractivity contribution in [2.24, 2.45) is 5.41 Å². The van der Waals surface area contributed by atoms with Crippen molar-refractivity contribution in [1.82, 2.24) is 25.1 Å². The third kappa shape index (κ3) is 5.02. The quantitative estimate of drug-likeness (QED) is 0.675. The fourth-order valence-electron chi connectivity index (χ4n) is 3.80. The van der Waals surface area contributed by atoms with Gasteiger partial charge in [0, 0.05) is 32.2 Å². The van der Waals surface area contributed by atoms with Crippen molar-refractivity contribution in [3.8, 4) is 11.4 Å². The van der Waals surface area contributed by atoms with E-state index in [4.69, 9.17) is 0 Å². The number of nitrogens with one attached hydrogen (secondary N) is 2. The van der Waals surface area contributed by atoms with Crippen LogP contribution in [-0.2, 0) is 24.1 Å². The smallest absolute Gasteiger partial charge is 0.357 e. The Bertz CT molecular complexity index is 1070. The molecule has 1 aliphatic heterocycles. The molecular weight excluding hydrogens is 442 g/mol. The van der Waals surface area contributed by atoms with Gasteiger partial charge in [0.05, 0.1) is 11.3 Å². The van der Waals surface area contributed by atoms with Crippen molar-refractivity contribution in [2.45, 2.75) is 46.1 Å². The van der Waals surface area contributed by atoms with Crippen molar-refractivity contribution >= 4 is 11.8 Å². The molecule has 3 rings (SSSR count). The van der Waals surface area contributed by atoms with E-state index in [0.717, 1.165) is 6.07 Å². The average Bonchev–Trinajstić information content (AvgIpc) is 3.08. The molecule has 2 heterocycles. The highest BCUT2D eigenvalue weighted by atomic mass is 19.4. The van der Waals surface area contributed by atoms with Gasteiger partial charge in [-0.3, -0.25) is 14.5 Å². The van der Waals surface area contributed by atoms with Gasteiger partial charge < -0.3 is 15.2 Å². The number of nitrogens with zero attached hydrogens (tertiary/aromatic N) is 3. The maximum Gasteiger partial charge on any atom is 0.419 e. The number of carbonyl (C=O) groups excluding carboxylic acids is 2. The van der Waals surface area contributed by atoms with Crippen LogP contribution in [0, 0.1) is 11.2 Å². The van der Waals surface area contributed by atoms with E-state index < -0.39 is 34.9 Å². The number of aromatic nitrogens is 2. The van der Waals surface area contributed by atoms with Gasteiger partial charge in [-0.05, 0) is 30.7 Å². The molecule has 1 aromatic carbocycles. The highest BCUT2D eigenvalue weighted by Crippen LogP contribution is 2.35. The van der Waals surface area contributed by atoms with Crippen LogP contribution in [0.4, 0.5) is 17.6 Å². The summed E-state index contributed by atoms with van der Waals surface area (Å²) in [6.45, 7) is 6.71. The Labute approximate surface area is 189 Å². The predicted octanol–water partition coefficient (Wildman–Crippen LogP) is 3.04. The number of fused-ring (bicyclic) bond motifs is 1. The zero-order valence-corrected chi connectivity index (χ0v) is 19.1. The lowest BCUT2D eigenvalue weighted by molar-refractivity contribution is -0.140. The van der Waals surface area contributed by atoms with E-state index in [2.05, 4.69) is 15.6 Å². The average molecular weight is 469 g/mol. The zero-order valence-electron chi connectivity index (χ0n) is 19.1. The number of rotatable bonds is 4. The Morgan fingerprint density at radius 3 is 2.39 bits per heavy atom. The van der Waals surface area contributed by atoms with Crippen LogP contribution < -0.4 is 10.6 Å². The molecule has 33 heavy (non-hydrogen) atoms. The third-order valence-electron chi connectivity index (χ3n) is 5.59. The van der Waals surface area contributed by atoms with Gasteiger partial charge in [0.1, 0.15) is 17.7 Å². The van der Waals surface area contributed by atoms with Crippen LogP contribution in [0.25, 0.3) is 11.4 Å². The van der Waals surface area contributed by atoms with Crippen LogP contribution in [0.2, 0.25) is 0 Å². The highest BCUT2D eigenvalue weighted by Gasteiger charge is 2.37. The van der Waals surface area contributed by atoms with Crippen LogP contribution in [0.3, 0.4) is 0 Å². The first-order valence-electron chi connectivity index (χ1n) is 10.4. The third-order valence-corrected chi connectivity index (χ3v) is 5.59. The highest BCUT2D eigenvalue weighted by molar-refractivity contribution is 5.97. The first-order valence-corrected chi connectivity index (χ1v) is 10.4. The molecule has 2 N–H and O–H groups in total. The standard InChI is InChI=1S/C22H27F4N5O2/c1-21(2,3)17(20(33)27-4)29-19(32)16-15-11-30(5)8-9-31(15)18(28-16)12-6-7-14(23)13(10-12)22(24,25)26/h6-7,10,17H,8-9,11H2,1-5H3,(H,27,33)(H,29,32). The molecule has 0 radical (unpaired) electrons. The number of likely N-dealkylation sites (N-methyl/N-ethyl adjacent to an activating group) is 2. The van der Waals surface area contributed by atoms with Crippen molar-refractivity contribution in [2.75, 3.05) is 20.6 Å². The molecule has 2 amide bonds. The number of halogens is 4. The molecule has 180 valence electrons. The van der Waals surface area contributed by atoms with Crippen LogP contribution >= 0.6 is 0 Å². The molecular formula is C22H27F4N5O2. The van der Waals surface area contributed by atoms with E-state index >= 15 is 0 Å². The van der Waals surface area contributed by atoms with Gasteiger partial charge >= 0.3 is 6.18 Å². The maximum absolute atomic E-state index is 13.8. The minimum atomic E-state index is -4.87. The Balaban J connectivity index is 2.09. The van der Waals surface area contributed by atoms with Gasteiger partial charge in [0.2, 0.25) is 5.91 Å².